The summed E-state index contributed by atoms with van der Waals surface area (Å²) in [6.07, 6.45) is 19.7. The van der Waals surface area contributed by atoms with Crippen LogP contribution in [0.15, 0.2) is 23.0 Å². The molecule has 10 atom stereocenters. The summed E-state index contributed by atoms with van der Waals surface area (Å²) in [5.74, 6) is 5.74. The summed E-state index contributed by atoms with van der Waals surface area (Å²) in [4.78, 5) is 4.27. The van der Waals surface area contributed by atoms with Crippen molar-refractivity contribution in [3.8, 4) is 0 Å². The molecule has 0 amide bonds. The van der Waals surface area contributed by atoms with E-state index in [0.29, 0.717) is 28.3 Å². The Hall–Kier alpha value is -1.09. The molecule has 0 N–H and O–H groups in total. The number of hydrogen-bond acceptors (Lipinski definition) is 3. The highest BCUT2D eigenvalue weighted by Crippen LogP contribution is 2.82. The zero-order chi connectivity index (χ0) is 20.7. The SMILES string of the molecule is COC1C[C@H]2[C@@H]3CC[C@H]([C@H](C)/C=C/c4ncco4)[C@@]3(C)CC[C@@H]2[C@@]2(C)CC[C@@H]3CC132. The molecule has 3 nitrogen and oxygen atoms in total. The van der Waals surface area contributed by atoms with Crippen molar-refractivity contribution in [2.75, 3.05) is 7.11 Å². The fraction of sp³-hybridized carbons (Fsp3) is 0.815. The molecule has 2 unspecified atom stereocenters. The molecule has 0 saturated heterocycles. The van der Waals surface area contributed by atoms with E-state index in [-0.39, 0.29) is 0 Å². The minimum absolute atomic E-state index is 0.474. The molecule has 5 saturated carbocycles. The van der Waals surface area contributed by atoms with E-state index in [4.69, 9.17) is 9.15 Å². The molecule has 5 aliphatic carbocycles. The second-order valence-corrected chi connectivity index (χ2v) is 12.1. The summed E-state index contributed by atoms with van der Waals surface area (Å²) in [7, 11) is 2.00. The minimum atomic E-state index is 0.474. The Kier molecular flexibility index (Phi) is 4.22. The van der Waals surface area contributed by atoms with E-state index < -0.39 is 0 Å². The lowest BCUT2D eigenvalue weighted by Crippen LogP contribution is -2.57. The third-order valence-corrected chi connectivity index (χ3v) is 11.5. The first kappa shape index (κ1) is 19.6. The van der Waals surface area contributed by atoms with Gasteiger partial charge in [0.05, 0.1) is 12.3 Å². The maximum atomic E-state index is 6.27. The van der Waals surface area contributed by atoms with Gasteiger partial charge >= 0.3 is 0 Å². The Morgan fingerprint density at radius 3 is 2.77 bits per heavy atom. The Labute approximate surface area is 182 Å². The number of aromatic nitrogens is 1. The highest BCUT2D eigenvalue weighted by molar-refractivity contribution is 5.38. The summed E-state index contributed by atoms with van der Waals surface area (Å²) in [5, 5.41) is 0. The number of hydrogen-bond donors (Lipinski definition) is 0. The van der Waals surface area contributed by atoms with Gasteiger partial charge in [0.15, 0.2) is 0 Å². The number of allylic oxidation sites excluding steroid dienone is 1. The number of fused-ring (bicyclic) bond motifs is 4. The monoisotopic (exact) mass is 409 g/mol. The normalized spacial score (nSPS) is 52.5. The molecule has 1 aromatic rings. The number of methoxy groups -OCH3 is 1. The quantitative estimate of drug-likeness (QED) is 0.561. The van der Waals surface area contributed by atoms with Crippen molar-refractivity contribution in [3.05, 3.63) is 24.4 Å². The summed E-state index contributed by atoms with van der Waals surface area (Å²) >= 11 is 0. The molecule has 164 valence electrons. The van der Waals surface area contributed by atoms with E-state index in [1.54, 1.807) is 12.5 Å². The predicted molar refractivity (Wildman–Crippen MR) is 119 cm³/mol. The van der Waals surface area contributed by atoms with Crippen molar-refractivity contribution in [3.63, 3.8) is 0 Å². The van der Waals surface area contributed by atoms with Gasteiger partial charge in [-0.1, -0.05) is 26.8 Å². The molecule has 5 aliphatic rings. The Balaban J connectivity index is 1.27. The van der Waals surface area contributed by atoms with Gasteiger partial charge in [-0.15, -0.1) is 0 Å². The van der Waals surface area contributed by atoms with Crippen LogP contribution < -0.4 is 0 Å². The van der Waals surface area contributed by atoms with Gasteiger partial charge in [-0.05, 0) is 104 Å². The molecule has 5 fully saturated rings. The number of oxazole rings is 1. The summed E-state index contributed by atoms with van der Waals surface area (Å²) < 4.78 is 11.7. The molecule has 0 aromatic carbocycles. The van der Waals surface area contributed by atoms with Crippen LogP contribution in [-0.2, 0) is 4.74 Å². The van der Waals surface area contributed by atoms with Crippen LogP contribution in [0.3, 0.4) is 0 Å². The zero-order valence-corrected chi connectivity index (χ0v) is 19.3. The topological polar surface area (TPSA) is 35.3 Å². The first-order valence-electron chi connectivity index (χ1n) is 12.5. The maximum absolute atomic E-state index is 6.27. The maximum Gasteiger partial charge on any atom is 0.218 e. The largest absolute Gasteiger partial charge is 0.445 e. The van der Waals surface area contributed by atoms with Crippen molar-refractivity contribution in [2.45, 2.75) is 78.2 Å². The van der Waals surface area contributed by atoms with E-state index in [1.807, 2.05) is 7.11 Å². The molecule has 1 aromatic heterocycles. The second kappa shape index (κ2) is 6.47. The van der Waals surface area contributed by atoms with Crippen LogP contribution in [0.5, 0.6) is 0 Å². The van der Waals surface area contributed by atoms with E-state index in [1.165, 1.54) is 51.4 Å². The van der Waals surface area contributed by atoms with E-state index in [0.717, 1.165) is 35.5 Å². The molecule has 6 rings (SSSR count). The molecule has 30 heavy (non-hydrogen) atoms. The molecule has 3 heteroatoms. The molecule has 0 bridgehead atoms. The Morgan fingerprint density at radius 1 is 1.17 bits per heavy atom. The van der Waals surface area contributed by atoms with Crippen molar-refractivity contribution in [2.24, 2.45) is 51.8 Å². The fourth-order valence-electron chi connectivity index (χ4n) is 10.2. The van der Waals surface area contributed by atoms with Gasteiger partial charge in [-0.25, -0.2) is 4.98 Å². The summed E-state index contributed by atoms with van der Waals surface area (Å²) in [5.41, 5.74) is 1.56. The molecular formula is C27H39NO2. The molecule has 1 spiro atoms. The highest BCUT2D eigenvalue weighted by atomic mass is 16.5. The van der Waals surface area contributed by atoms with Gasteiger partial charge in [0.2, 0.25) is 5.89 Å². The van der Waals surface area contributed by atoms with Crippen LogP contribution in [-0.4, -0.2) is 18.2 Å². The van der Waals surface area contributed by atoms with Crippen molar-refractivity contribution in [1.82, 2.24) is 4.98 Å². The van der Waals surface area contributed by atoms with Crippen molar-refractivity contribution < 1.29 is 9.15 Å². The first-order valence-corrected chi connectivity index (χ1v) is 12.5. The average molecular weight is 410 g/mol. The highest BCUT2D eigenvalue weighted by Gasteiger charge is 2.77. The van der Waals surface area contributed by atoms with Crippen LogP contribution in [0.2, 0.25) is 0 Å². The zero-order valence-electron chi connectivity index (χ0n) is 19.3. The standard InChI is InChI=1S/C27H39NO2/c1-17(5-8-24-28-13-14-30-24)20-6-7-21-19-15-23(29-4)27-16-18(27)9-12-26(27,3)22(19)10-11-25(20,21)2/h5,8,13-14,17-23H,6-7,9-12,15-16H2,1-4H3/b8-5+/t17-,18-,19+,20-,21+,22+,23?,25-,26-,27?/m1/s1. The number of nitrogens with zero attached hydrogens (tertiary/aromatic N) is 1. The second-order valence-electron chi connectivity index (χ2n) is 12.1. The fourth-order valence-corrected chi connectivity index (χ4v) is 10.2. The number of rotatable bonds is 4. The van der Waals surface area contributed by atoms with E-state index >= 15 is 0 Å². The van der Waals surface area contributed by atoms with Gasteiger partial charge < -0.3 is 9.15 Å². The van der Waals surface area contributed by atoms with Crippen LogP contribution in [0.4, 0.5) is 0 Å². The molecule has 1 heterocycles. The van der Waals surface area contributed by atoms with Gasteiger partial charge in [0, 0.05) is 12.5 Å². The summed E-state index contributed by atoms with van der Waals surface area (Å²) in [6.45, 7) is 7.74. The Morgan fingerprint density at radius 2 is 2.03 bits per heavy atom. The molecule has 0 aliphatic heterocycles. The lowest BCUT2D eigenvalue weighted by atomic mass is 9.45. The van der Waals surface area contributed by atoms with Crippen LogP contribution >= 0.6 is 0 Å². The van der Waals surface area contributed by atoms with Gasteiger partial charge in [0.1, 0.15) is 6.26 Å². The molecule has 0 radical (unpaired) electrons. The lowest BCUT2D eigenvalue weighted by molar-refractivity contribution is -0.160. The van der Waals surface area contributed by atoms with Gasteiger partial charge in [-0.2, -0.15) is 0 Å². The van der Waals surface area contributed by atoms with Gasteiger partial charge in [-0.3, -0.25) is 0 Å². The van der Waals surface area contributed by atoms with E-state index in [9.17, 15) is 0 Å². The van der Waals surface area contributed by atoms with Crippen molar-refractivity contribution >= 4 is 6.08 Å². The average Bonchev–Trinajstić information content (AvgIpc) is 3.05. The van der Waals surface area contributed by atoms with Crippen LogP contribution in [0, 0.1) is 51.8 Å². The smallest absolute Gasteiger partial charge is 0.218 e. The summed E-state index contributed by atoms with van der Waals surface area (Å²) in [6, 6.07) is 0. The predicted octanol–water partition coefficient (Wildman–Crippen LogP) is 6.61. The minimum Gasteiger partial charge on any atom is -0.445 e. The third kappa shape index (κ3) is 2.34. The van der Waals surface area contributed by atoms with Crippen LogP contribution in [0.1, 0.15) is 78.0 Å². The lowest BCUT2D eigenvalue weighted by Gasteiger charge is -2.61. The number of ether oxygens (including phenoxy) is 1. The Bertz CT molecular complexity index is 832. The van der Waals surface area contributed by atoms with E-state index in [2.05, 4.69) is 37.9 Å². The first-order chi connectivity index (χ1) is 14.4. The van der Waals surface area contributed by atoms with Crippen molar-refractivity contribution in [1.29, 1.82) is 0 Å². The van der Waals surface area contributed by atoms with Gasteiger partial charge in [0.25, 0.3) is 0 Å². The third-order valence-electron chi connectivity index (χ3n) is 11.5. The molecular weight excluding hydrogens is 370 g/mol. The van der Waals surface area contributed by atoms with Crippen LogP contribution in [0.25, 0.3) is 6.08 Å².